The first-order valence-corrected chi connectivity index (χ1v) is 5.49. The van der Waals surface area contributed by atoms with Gasteiger partial charge in [-0.05, 0) is 40.8 Å². The minimum Gasteiger partial charge on any atom is -0.313 e. The smallest absolute Gasteiger partial charge is 0.0220 e. The van der Waals surface area contributed by atoms with E-state index in [9.17, 15) is 0 Å². The highest BCUT2D eigenvalue weighted by molar-refractivity contribution is 4.79. The molecule has 0 aliphatic rings. The molecule has 0 heterocycles. The number of nitrogens with zero attached hydrogens (tertiary/aromatic N) is 1. The van der Waals surface area contributed by atoms with Gasteiger partial charge >= 0.3 is 0 Å². The third kappa shape index (κ3) is 4.10. The number of nitrogens with one attached hydrogen (secondary N) is 1. The fourth-order valence-corrected chi connectivity index (χ4v) is 1.67. The summed E-state index contributed by atoms with van der Waals surface area (Å²) in [6.07, 6.45) is 1.20. The summed E-state index contributed by atoms with van der Waals surface area (Å²) in [5, 5.41) is 3.53. The SMILES string of the molecule is CCNC(CC)C(C)N(C)C(C)C. The number of likely N-dealkylation sites (N-methyl/N-ethyl adjacent to an activating group) is 2. The topological polar surface area (TPSA) is 15.3 Å². The Hall–Kier alpha value is -0.0800. The minimum atomic E-state index is 0.616. The van der Waals surface area contributed by atoms with Crippen LogP contribution in [0.25, 0.3) is 0 Å². The molecule has 2 heteroatoms. The third-order valence-corrected chi connectivity index (χ3v) is 2.95. The maximum atomic E-state index is 3.53. The van der Waals surface area contributed by atoms with Crippen molar-refractivity contribution >= 4 is 0 Å². The molecule has 2 nitrogen and oxygen atoms in total. The van der Waals surface area contributed by atoms with E-state index in [0.29, 0.717) is 18.1 Å². The Bertz CT molecular complexity index is 123. The minimum absolute atomic E-state index is 0.616. The van der Waals surface area contributed by atoms with Gasteiger partial charge in [0.2, 0.25) is 0 Å². The van der Waals surface area contributed by atoms with Crippen LogP contribution in [0.15, 0.2) is 0 Å². The fourth-order valence-electron chi connectivity index (χ4n) is 1.67. The fraction of sp³-hybridized carbons (Fsp3) is 1.00. The molecule has 0 aliphatic carbocycles. The lowest BCUT2D eigenvalue weighted by atomic mass is 10.1. The first kappa shape index (κ1) is 12.9. The Morgan fingerprint density at radius 2 is 1.69 bits per heavy atom. The molecule has 80 valence electrons. The molecule has 13 heavy (non-hydrogen) atoms. The molecule has 2 unspecified atom stereocenters. The molecule has 0 spiro atoms. The summed E-state index contributed by atoms with van der Waals surface area (Å²) in [6, 6.07) is 1.87. The van der Waals surface area contributed by atoms with Crippen molar-refractivity contribution in [1.29, 1.82) is 0 Å². The molecule has 0 aromatic heterocycles. The van der Waals surface area contributed by atoms with Crippen LogP contribution in [-0.2, 0) is 0 Å². The highest BCUT2D eigenvalue weighted by atomic mass is 15.2. The molecular formula is C11H26N2. The van der Waals surface area contributed by atoms with Crippen LogP contribution in [0, 0.1) is 0 Å². The van der Waals surface area contributed by atoms with E-state index in [2.05, 4.69) is 51.9 Å². The summed E-state index contributed by atoms with van der Waals surface area (Å²) in [6.45, 7) is 12.3. The zero-order valence-corrected chi connectivity index (χ0v) is 10.1. The van der Waals surface area contributed by atoms with Gasteiger partial charge in [-0.15, -0.1) is 0 Å². The Morgan fingerprint density at radius 1 is 1.15 bits per heavy atom. The maximum Gasteiger partial charge on any atom is 0.0220 e. The van der Waals surface area contributed by atoms with Crippen molar-refractivity contribution in [1.82, 2.24) is 10.2 Å². The highest BCUT2D eigenvalue weighted by Crippen LogP contribution is 2.08. The van der Waals surface area contributed by atoms with Gasteiger partial charge in [0.05, 0.1) is 0 Å². The number of hydrogen-bond donors (Lipinski definition) is 1. The highest BCUT2D eigenvalue weighted by Gasteiger charge is 2.19. The van der Waals surface area contributed by atoms with E-state index in [0.717, 1.165) is 6.54 Å². The second kappa shape index (κ2) is 6.39. The monoisotopic (exact) mass is 186 g/mol. The lowest BCUT2D eigenvalue weighted by Gasteiger charge is -2.34. The summed E-state index contributed by atoms with van der Waals surface area (Å²) < 4.78 is 0. The molecule has 0 radical (unpaired) electrons. The quantitative estimate of drug-likeness (QED) is 0.683. The van der Waals surface area contributed by atoms with Crippen molar-refractivity contribution in [3.05, 3.63) is 0 Å². The van der Waals surface area contributed by atoms with Gasteiger partial charge in [-0.2, -0.15) is 0 Å². The summed E-state index contributed by atoms with van der Waals surface area (Å²) in [7, 11) is 2.20. The third-order valence-electron chi connectivity index (χ3n) is 2.95. The van der Waals surface area contributed by atoms with E-state index in [1.807, 2.05) is 0 Å². The van der Waals surface area contributed by atoms with Crippen molar-refractivity contribution in [2.45, 2.75) is 59.2 Å². The zero-order chi connectivity index (χ0) is 10.4. The molecule has 0 rings (SSSR count). The Morgan fingerprint density at radius 3 is 2.00 bits per heavy atom. The van der Waals surface area contributed by atoms with Crippen LogP contribution in [0.5, 0.6) is 0 Å². The standard InChI is InChI=1S/C11H26N2/c1-7-11(12-8-2)10(5)13(6)9(3)4/h9-12H,7-8H2,1-6H3. The van der Waals surface area contributed by atoms with Gasteiger partial charge in [-0.1, -0.05) is 13.8 Å². The molecule has 0 aromatic rings. The lowest BCUT2D eigenvalue weighted by Crippen LogP contribution is -2.48. The summed E-state index contributed by atoms with van der Waals surface area (Å²) >= 11 is 0. The Kier molecular flexibility index (Phi) is 6.35. The molecular weight excluding hydrogens is 160 g/mol. The molecule has 0 saturated heterocycles. The van der Waals surface area contributed by atoms with E-state index in [-0.39, 0.29) is 0 Å². The van der Waals surface area contributed by atoms with Crippen LogP contribution >= 0.6 is 0 Å². The van der Waals surface area contributed by atoms with Crippen molar-refractivity contribution in [3.8, 4) is 0 Å². The van der Waals surface area contributed by atoms with Gasteiger partial charge in [0, 0.05) is 18.1 Å². The maximum absolute atomic E-state index is 3.53. The van der Waals surface area contributed by atoms with Crippen LogP contribution in [0.3, 0.4) is 0 Å². The molecule has 0 bridgehead atoms. The van der Waals surface area contributed by atoms with E-state index in [1.54, 1.807) is 0 Å². The second-order valence-electron chi connectivity index (χ2n) is 4.07. The molecule has 1 N–H and O–H groups in total. The number of rotatable bonds is 6. The van der Waals surface area contributed by atoms with Crippen LogP contribution in [0.2, 0.25) is 0 Å². The van der Waals surface area contributed by atoms with E-state index >= 15 is 0 Å². The van der Waals surface area contributed by atoms with Crippen LogP contribution in [0.1, 0.15) is 41.0 Å². The Balaban J connectivity index is 4.10. The van der Waals surface area contributed by atoms with Crippen molar-refractivity contribution in [3.63, 3.8) is 0 Å². The first-order valence-electron chi connectivity index (χ1n) is 5.49. The summed E-state index contributed by atoms with van der Waals surface area (Å²) in [4.78, 5) is 2.43. The zero-order valence-electron chi connectivity index (χ0n) is 10.1. The second-order valence-corrected chi connectivity index (χ2v) is 4.07. The van der Waals surface area contributed by atoms with Gasteiger partial charge < -0.3 is 5.32 Å². The molecule has 2 atom stereocenters. The summed E-state index contributed by atoms with van der Waals surface area (Å²) in [5.74, 6) is 0. The molecule has 0 saturated carbocycles. The lowest BCUT2D eigenvalue weighted by molar-refractivity contribution is 0.166. The molecule has 0 aliphatic heterocycles. The number of hydrogen-bond acceptors (Lipinski definition) is 2. The van der Waals surface area contributed by atoms with Gasteiger partial charge in [-0.3, -0.25) is 4.90 Å². The first-order chi connectivity index (χ1) is 6.04. The predicted octanol–water partition coefficient (Wildman–Crippen LogP) is 2.10. The van der Waals surface area contributed by atoms with Gasteiger partial charge in [0.25, 0.3) is 0 Å². The average Bonchev–Trinajstić information content (AvgIpc) is 2.11. The van der Waals surface area contributed by atoms with Crippen LogP contribution in [0.4, 0.5) is 0 Å². The van der Waals surface area contributed by atoms with E-state index in [1.165, 1.54) is 6.42 Å². The largest absolute Gasteiger partial charge is 0.313 e. The molecule has 0 aromatic carbocycles. The molecule has 0 fully saturated rings. The van der Waals surface area contributed by atoms with Crippen molar-refractivity contribution in [2.75, 3.05) is 13.6 Å². The van der Waals surface area contributed by atoms with Gasteiger partial charge in [-0.25, -0.2) is 0 Å². The van der Waals surface area contributed by atoms with Crippen LogP contribution < -0.4 is 5.32 Å². The summed E-state index contributed by atoms with van der Waals surface area (Å²) in [5.41, 5.74) is 0. The van der Waals surface area contributed by atoms with Gasteiger partial charge in [0.15, 0.2) is 0 Å². The van der Waals surface area contributed by atoms with E-state index in [4.69, 9.17) is 0 Å². The van der Waals surface area contributed by atoms with Crippen LogP contribution in [-0.4, -0.2) is 36.6 Å². The van der Waals surface area contributed by atoms with Crippen molar-refractivity contribution < 1.29 is 0 Å². The van der Waals surface area contributed by atoms with Gasteiger partial charge in [0.1, 0.15) is 0 Å². The van der Waals surface area contributed by atoms with E-state index < -0.39 is 0 Å². The van der Waals surface area contributed by atoms with Crippen molar-refractivity contribution in [2.24, 2.45) is 0 Å². The Labute approximate surface area is 83.7 Å². The average molecular weight is 186 g/mol. The molecule has 0 amide bonds. The predicted molar refractivity (Wildman–Crippen MR) is 60.1 cm³/mol. The normalized spacial score (nSPS) is 16.6.